The fourth-order valence-corrected chi connectivity index (χ4v) is 2.60. The Bertz CT molecular complexity index is 522. The molecule has 0 amide bonds. The molecule has 2 nitrogen and oxygen atoms in total. The lowest BCUT2D eigenvalue weighted by Crippen LogP contribution is -2.11. The van der Waals surface area contributed by atoms with Crippen molar-refractivity contribution in [2.75, 3.05) is 0 Å². The van der Waals surface area contributed by atoms with Gasteiger partial charge in [-0.25, -0.2) is 0 Å². The molecule has 18 heavy (non-hydrogen) atoms. The molecule has 0 saturated heterocycles. The van der Waals surface area contributed by atoms with Crippen LogP contribution in [-0.4, -0.2) is 9.48 Å². The molecule has 0 bridgehead atoms. The SMILES string of the molecule is Cc1cc([C@H](O)c2ccc(C(C)(C)C)cc2)sn1. The summed E-state index contributed by atoms with van der Waals surface area (Å²) in [6.07, 6.45) is -0.565. The molecule has 96 valence electrons. The summed E-state index contributed by atoms with van der Waals surface area (Å²) < 4.78 is 4.20. The minimum absolute atomic E-state index is 0.143. The molecule has 1 aromatic heterocycles. The molecule has 2 aromatic rings. The predicted molar refractivity (Wildman–Crippen MR) is 76.1 cm³/mol. The molecule has 0 aliphatic heterocycles. The minimum Gasteiger partial charge on any atom is -0.383 e. The van der Waals surface area contributed by atoms with Crippen LogP contribution in [0.1, 0.15) is 48.6 Å². The van der Waals surface area contributed by atoms with Gasteiger partial charge >= 0.3 is 0 Å². The van der Waals surface area contributed by atoms with Gasteiger partial charge < -0.3 is 5.11 Å². The van der Waals surface area contributed by atoms with Gasteiger partial charge in [-0.05, 0) is 41.1 Å². The summed E-state index contributed by atoms with van der Waals surface area (Å²) in [6, 6.07) is 10.1. The Hall–Kier alpha value is -1.19. The highest BCUT2D eigenvalue weighted by Crippen LogP contribution is 2.28. The predicted octanol–water partition coefficient (Wildman–Crippen LogP) is 3.83. The summed E-state index contributed by atoms with van der Waals surface area (Å²) >= 11 is 1.36. The molecule has 3 heteroatoms. The van der Waals surface area contributed by atoms with E-state index in [1.165, 1.54) is 17.1 Å². The Morgan fingerprint density at radius 1 is 1.17 bits per heavy atom. The van der Waals surface area contributed by atoms with Crippen LogP contribution in [-0.2, 0) is 5.41 Å². The van der Waals surface area contributed by atoms with Gasteiger partial charge in [-0.1, -0.05) is 45.0 Å². The highest BCUT2D eigenvalue weighted by atomic mass is 32.1. The second-order valence-electron chi connectivity index (χ2n) is 5.65. The first kappa shape index (κ1) is 13.2. The summed E-state index contributed by atoms with van der Waals surface area (Å²) in [7, 11) is 0. The quantitative estimate of drug-likeness (QED) is 0.891. The molecular formula is C15H19NOS. The van der Waals surface area contributed by atoms with Crippen LogP contribution in [0.4, 0.5) is 0 Å². The van der Waals surface area contributed by atoms with Gasteiger partial charge in [-0.2, -0.15) is 4.37 Å². The van der Waals surface area contributed by atoms with E-state index < -0.39 is 6.10 Å². The van der Waals surface area contributed by atoms with Crippen LogP contribution in [0.5, 0.6) is 0 Å². The number of hydrogen-bond donors (Lipinski definition) is 1. The van der Waals surface area contributed by atoms with Crippen LogP contribution >= 0.6 is 11.5 Å². The standard InChI is InChI=1S/C15H19NOS/c1-10-9-13(18-16-10)14(17)11-5-7-12(8-6-11)15(2,3)4/h5-9,14,17H,1-4H3/t14-/m1/s1. The average Bonchev–Trinajstić information content (AvgIpc) is 2.74. The molecular weight excluding hydrogens is 242 g/mol. The molecule has 0 radical (unpaired) electrons. The molecule has 0 unspecified atom stereocenters. The number of nitrogens with zero attached hydrogens (tertiary/aromatic N) is 1. The van der Waals surface area contributed by atoms with Crippen molar-refractivity contribution in [1.82, 2.24) is 4.37 Å². The lowest BCUT2D eigenvalue weighted by molar-refractivity contribution is 0.224. The smallest absolute Gasteiger partial charge is 0.115 e. The van der Waals surface area contributed by atoms with Gasteiger partial charge in [0.05, 0.1) is 10.6 Å². The van der Waals surface area contributed by atoms with Crippen molar-refractivity contribution in [1.29, 1.82) is 0 Å². The van der Waals surface area contributed by atoms with Crippen LogP contribution in [0.3, 0.4) is 0 Å². The monoisotopic (exact) mass is 261 g/mol. The third-order valence-electron chi connectivity index (χ3n) is 3.01. The first-order valence-electron chi connectivity index (χ1n) is 6.09. The Morgan fingerprint density at radius 2 is 1.78 bits per heavy atom. The van der Waals surface area contributed by atoms with Crippen molar-refractivity contribution in [3.05, 3.63) is 52.0 Å². The number of aliphatic hydroxyl groups is 1. The maximum absolute atomic E-state index is 10.3. The molecule has 1 aromatic carbocycles. The van der Waals surface area contributed by atoms with Gasteiger partial charge in [-0.15, -0.1) is 0 Å². The number of aliphatic hydroxyl groups excluding tert-OH is 1. The van der Waals surface area contributed by atoms with E-state index in [9.17, 15) is 5.11 Å². The Morgan fingerprint density at radius 3 is 2.22 bits per heavy atom. The molecule has 2 rings (SSSR count). The molecule has 0 saturated carbocycles. The fraction of sp³-hybridized carbons (Fsp3) is 0.400. The fourth-order valence-electron chi connectivity index (χ4n) is 1.84. The largest absolute Gasteiger partial charge is 0.383 e. The zero-order valence-corrected chi connectivity index (χ0v) is 12.1. The maximum Gasteiger partial charge on any atom is 0.115 e. The van der Waals surface area contributed by atoms with Crippen molar-refractivity contribution in [3.63, 3.8) is 0 Å². The number of aromatic nitrogens is 1. The van der Waals surface area contributed by atoms with E-state index >= 15 is 0 Å². The van der Waals surface area contributed by atoms with Crippen LogP contribution in [0.2, 0.25) is 0 Å². The molecule has 0 fully saturated rings. The number of benzene rings is 1. The summed E-state index contributed by atoms with van der Waals surface area (Å²) in [6.45, 7) is 8.50. The number of rotatable bonds is 2. The highest BCUT2D eigenvalue weighted by molar-refractivity contribution is 7.05. The topological polar surface area (TPSA) is 33.1 Å². The van der Waals surface area contributed by atoms with Gasteiger partial charge in [-0.3, -0.25) is 0 Å². The normalized spacial score (nSPS) is 13.6. The number of aryl methyl sites for hydroxylation is 1. The van der Waals surface area contributed by atoms with Gasteiger partial charge in [0.15, 0.2) is 0 Å². The van der Waals surface area contributed by atoms with E-state index in [0.29, 0.717) is 0 Å². The maximum atomic E-state index is 10.3. The van der Waals surface area contributed by atoms with Crippen LogP contribution in [0, 0.1) is 6.92 Å². The van der Waals surface area contributed by atoms with E-state index in [0.717, 1.165) is 16.1 Å². The van der Waals surface area contributed by atoms with Gasteiger partial charge in [0, 0.05) is 0 Å². The van der Waals surface area contributed by atoms with Crippen molar-refractivity contribution in [3.8, 4) is 0 Å². The third kappa shape index (κ3) is 2.79. The van der Waals surface area contributed by atoms with Gasteiger partial charge in [0.2, 0.25) is 0 Å². The van der Waals surface area contributed by atoms with Crippen LogP contribution in [0.15, 0.2) is 30.3 Å². The summed E-state index contributed by atoms with van der Waals surface area (Å²) in [4.78, 5) is 0.899. The molecule has 1 atom stereocenters. The minimum atomic E-state index is -0.565. The van der Waals surface area contributed by atoms with Crippen molar-refractivity contribution in [2.45, 2.75) is 39.2 Å². The Kier molecular flexibility index (Phi) is 3.55. The lowest BCUT2D eigenvalue weighted by Gasteiger charge is -2.19. The lowest BCUT2D eigenvalue weighted by atomic mass is 9.86. The average molecular weight is 261 g/mol. The zero-order valence-electron chi connectivity index (χ0n) is 11.3. The van der Waals surface area contributed by atoms with E-state index in [2.05, 4.69) is 37.3 Å². The van der Waals surface area contributed by atoms with E-state index in [4.69, 9.17) is 0 Å². The number of hydrogen-bond acceptors (Lipinski definition) is 3. The Balaban J connectivity index is 2.24. The summed E-state index contributed by atoms with van der Waals surface area (Å²) in [5.74, 6) is 0. The van der Waals surface area contributed by atoms with E-state index in [-0.39, 0.29) is 5.41 Å². The van der Waals surface area contributed by atoms with E-state index in [1.54, 1.807) is 0 Å². The molecule has 0 spiro atoms. The molecule has 1 N–H and O–H groups in total. The van der Waals surface area contributed by atoms with Gasteiger partial charge in [0.1, 0.15) is 6.10 Å². The van der Waals surface area contributed by atoms with Crippen molar-refractivity contribution >= 4 is 11.5 Å². The van der Waals surface area contributed by atoms with Crippen LogP contribution in [0.25, 0.3) is 0 Å². The van der Waals surface area contributed by atoms with Crippen LogP contribution < -0.4 is 0 Å². The highest BCUT2D eigenvalue weighted by Gasteiger charge is 2.16. The molecule has 0 aliphatic rings. The molecule has 0 aliphatic carbocycles. The zero-order chi connectivity index (χ0) is 13.3. The summed E-state index contributed by atoms with van der Waals surface area (Å²) in [5, 5.41) is 10.3. The second-order valence-corrected chi connectivity index (χ2v) is 6.48. The van der Waals surface area contributed by atoms with Gasteiger partial charge in [0.25, 0.3) is 0 Å². The Labute approximate surface area is 112 Å². The first-order valence-corrected chi connectivity index (χ1v) is 6.87. The molecule has 1 heterocycles. The van der Waals surface area contributed by atoms with E-state index in [1.807, 2.05) is 25.1 Å². The first-order chi connectivity index (χ1) is 8.38. The summed E-state index contributed by atoms with van der Waals surface area (Å²) in [5.41, 5.74) is 3.30. The second kappa shape index (κ2) is 4.82. The van der Waals surface area contributed by atoms with Crippen molar-refractivity contribution in [2.24, 2.45) is 0 Å². The third-order valence-corrected chi connectivity index (χ3v) is 3.94. The van der Waals surface area contributed by atoms with Crippen molar-refractivity contribution < 1.29 is 5.11 Å².